The van der Waals surface area contributed by atoms with Crippen molar-refractivity contribution in [3.05, 3.63) is 34.9 Å². The molecule has 1 unspecified atom stereocenters. The third kappa shape index (κ3) is 5.22. The lowest BCUT2D eigenvalue weighted by molar-refractivity contribution is 0.481. The van der Waals surface area contributed by atoms with Crippen molar-refractivity contribution in [2.45, 2.75) is 72.4 Å². The molecule has 0 aliphatic carbocycles. The molecule has 18 heavy (non-hydrogen) atoms. The molecule has 0 spiro atoms. The summed E-state index contributed by atoms with van der Waals surface area (Å²) in [5.41, 5.74) is 4.28. The van der Waals surface area contributed by atoms with Crippen molar-refractivity contribution in [2.75, 3.05) is 0 Å². The molecular formula is C17H29N. The van der Waals surface area contributed by atoms with Gasteiger partial charge in [-0.15, -0.1) is 0 Å². The van der Waals surface area contributed by atoms with Gasteiger partial charge in [0.25, 0.3) is 0 Å². The van der Waals surface area contributed by atoms with Gasteiger partial charge in [0.2, 0.25) is 0 Å². The van der Waals surface area contributed by atoms with Crippen LogP contribution in [-0.2, 0) is 6.54 Å². The second-order valence-electron chi connectivity index (χ2n) is 5.50. The summed E-state index contributed by atoms with van der Waals surface area (Å²) in [5, 5.41) is 3.66. The van der Waals surface area contributed by atoms with Gasteiger partial charge in [-0.25, -0.2) is 0 Å². The maximum Gasteiger partial charge on any atom is 0.0213 e. The Labute approximate surface area is 113 Å². The number of rotatable bonds is 8. The Bertz CT molecular complexity index is 323. The zero-order chi connectivity index (χ0) is 13.4. The van der Waals surface area contributed by atoms with E-state index in [1.165, 1.54) is 48.8 Å². The van der Waals surface area contributed by atoms with E-state index in [2.05, 4.69) is 51.2 Å². The van der Waals surface area contributed by atoms with E-state index < -0.39 is 0 Å². The molecule has 1 N–H and O–H groups in total. The summed E-state index contributed by atoms with van der Waals surface area (Å²) in [6, 6.07) is 7.18. The summed E-state index contributed by atoms with van der Waals surface area (Å²) in [6.07, 6.45) is 6.74. The van der Waals surface area contributed by atoms with Gasteiger partial charge in [-0.3, -0.25) is 0 Å². The van der Waals surface area contributed by atoms with Gasteiger partial charge in [-0.1, -0.05) is 50.8 Å². The lowest BCUT2D eigenvalue weighted by Gasteiger charge is -2.16. The van der Waals surface area contributed by atoms with Crippen LogP contribution >= 0.6 is 0 Å². The molecule has 0 heterocycles. The molecule has 0 radical (unpaired) electrons. The van der Waals surface area contributed by atoms with Crippen LogP contribution in [0.5, 0.6) is 0 Å². The summed E-state index contributed by atoms with van der Waals surface area (Å²) in [4.78, 5) is 0. The fourth-order valence-electron chi connectivity index (χ4n) is 2.38. The van der Waals surface area contributed by atoms with E-state index in [4.69, 9.17) is 0 Å². The maximum absolute atomic E-state index is 3.66. The number of nitrogens with one attached hydrogen (secondary N) is 1. The van der Waals surface area contributed by atoms with E-state index in [0.717, 1.165) is 6.54 Å². The van der Waals surface area contributed by atoms with E-state index in [1.807, 2.05) is 0 Å². The summed E-state index contributed by atoms with van der Waals surface area (Å²) in [7, 11) is 0. The Hall–Kier alpha value is -0.820. The van der Waals surface area contributed by atoms with Crippen LogP contribution < -0.4 is 5.32 Å². The SMILES string of the molecule is CCCCCCC(C)NCc1c(C)cccc1C. The Morgan fingerprint density at radius 3 is 2.33 bits per heavy atom. The molecule has 1 aromatic carbocycles. The lowest BCUT2D eigenvalue weighted by Crippen LogP contribution is -2.26. The molecule has 1 nitrogen and oxygen atoms in total. The summed E-state index contributed by atoms with van der Waals surface area (Å²) < 4.78 is 0. The molecule has 1 aromatic rings. The smallest absolute Gasteiger partial charge is 0.0213 e. The highest BCUT2D eigenvalue weighted by Crippen LogP contribution is 2.13. The van der Waals surface area contributed by atoms with Crippen molar-refractivity contribution in [1.82, 2.24) is 5.32 Å². The molecule has 1 atom stereocenters. The van der Waals surface area contributed by atoms with E-state index >= 15 is 0 Å². The first-order chi connectivity index (χ1) is 8.65. The van der Waals surface area contributed by atoms with E-state index in [0.29, 0.717) is 6.04 Å². The normalized spacial score (nSPS) is 12.7. The Kier molecular flexibility index (Phi) is 7.04. The summed E-state index contributed by atoms with van der Waals surface area (Å²) in [5.74, 6) is 0. The highest BCUT2D eigenvalue weighted by molar-refractivity contribution is 5.33. The minimum Gasteiger partial charge on any atom is -0.310 e. The van der Waals surface area contributed by atoms with Crippen LogP contribution in [0.15, 0.2) is 18.2 Å². The van der Waals surface area contributed by atoms with Gasteiger partial charge in [0.15, 0.2) is 0 Å². The number of benzene rings is 1. The van der Waals surface area contributed by atoms with Gasteiger partial charge in [-0.05, 0) is 43.9 Å². The van der Waals surface area contributed by atoms with Crippen LogP contribution in [0, 0.1) is 13.8 Å². The molecule has 0 aromatic heterocycles. The summed E-state index contributed by atoms with van der Waals surface area (Å²) >= 11 is 0. The topological polar surface area (TPSA) is 12.0 Å². The molecule has 0 aliphatic heterocycles. The van der Waals surface area contributed by atoms with Crippen LogP contribution in [0.4, 0.5) is 0 Å². The second-order valence-corrected chi connectivity index (χ2v) is 5.50. The van der Waals surface area contributed by atoms with Crippen molar-refractivity contribution >= 4 is 0 Å². The fourth-order valence-corrected chi connectivity index (χ4v) is 2.38. The van der Waals surface area contributed by atoms with Gasteiger partial charge in [-0.2, -0.15) is 0 Å². The highest BCUT2D eigenvalue weighted by atomic mass is 14.9. The first-order valence-corrected chi connectivity index (χ1v) is 7.43. The maximum atomic E-state index is 3.66. The van der Waals surface area contributed by atoms with Crippen LogP contribution in [-0.4, -0.2) is 6.04 Å². The van der Waals surface area contributed by atoms with E-state index in [1.54, 1.807) is 0 Å². The Balaban J connectivity index is 2.31. The first kappa shape index (κ1) is 15.2. The predicted octanol–water partition coefficient (Wildman–Crippen LogP) is 4.75. The molecule has 0 fully saturated rings. The molecule has 0 bridgehead atoms. The molecule has 0 saturated carbocycles. The van der Waals surface area contributed by atoms with Crippen molar-refractivity contribution in [2.24, 2.45) is 0 Å². The third-order valence-electron chi connectivity index (χ3n) is 3.76. The number of aryl methyl sites for hydroxylation is 2. The third-order valence-corrected chi connectivity index (χ3v) is 3.76. The van der Waals surface area contributed by atoms with Crippen molar-refractivity contribution in [1.29, 1.82) is 0 Å². The number of hydrogen-bond acceptors (Lipinski definition) is 1. The fraction of sp³-hybridized carbons (Fsp3) is 0.647. The molecule has 1 rings (SSSR count). The standard InChI is InChI=1S/C17H29N/c1-5-6-7-8-12-16(4)18-13-17-14(2)10-9-11-15(17)3/h9-11,16,18H,5-8,12-13H2,1-4H3. The van der Waals surface area contributed by atoms with Crippen LogP contribution in [0.25, 0.3) is 0 Å². The Morgan fingerprint density at radius 1 is 1.06 bits per heavy atom. The molecule has 1 heteroatoms. The van der Waals surface area contributed by atoms with Crippen LogP contribution in [0.2, 0.25) is 0 Å². The largest absolute Gasteiger partial charge is 0.310 e. The van der Waals surface area contributed by atoms with Gasteiger partial charge in [0.05, 0.1) is 0 Å². The molecule has 0 saturated heterocycles. The molecular weight excluding hydrogens is 218 g/mol. The van der Waals surface area contributed by atoms with E-state index in [-0.39, 0.29) is 0 Å². The van der Waals surface area contributed by atoms with Crippen LogP contribution in [0.1, 0.15) is 62.6 Å². The van der Waals surface area contributed by atoms with Gasteiger partial charge >= 0.3 is 0 Å². The average molecular weight is 247 g/mol. The predicted molar refractivity (Wildman–Crippen MR) is 81.0 cm³/mol. The summed E-state index contributed by atoms with van der Waals surface area (Å²) in [6.45, 7) is 9.99. The second kappa shape index (κ2) is 8.31. The quantitative estimate of drug-likeness (QED) is 0.654. The Morgan fingerprint density at radius 2 is 1.72 bits per heavy atom. The zero-order valence-electron chi connectivity index (χ0n) is 12.6. The molecule has 0 aliphatic rings. The van der Waals surface area contributed by atoms with Crippen molar-refractivity contribution in [3.8, 4) is 0 Å². The minimum absolute atomic E-state index is 0.626. The van der Waals surface area contributed by atoms with Crippen molar-refractivity contribution in [3.63, 3.8) is 0 Å². The lowest BCUT2D eigenvalue weighted by atomic mass is 10.0. The first-order valence-electron chi connectivity index (χ1n) is 7.43. The van der Waals surface area contributed by atoms with Gasteiger partial charge < -0.3 is 5.32 Å². The number of hydrogen-bond donors (Lipinski definition) is 1. The molecule has 0 amide bonds. The van der Waals surface area contributed by atoms with Crippen LogP contribution in [0.3, 0.4) is 0 Å². The monoisotopic (exact) mass is 247 g/mol. The zero-order valence-corrected chi connectivity index (χ0v) is 12.6. The average Bonchev–Trinajstić information content (AvgIpc) is 2.34. The highest BCUT2D eigenvalue weighted by Gasteiger charge is 2.05. The van der Waals surface area contributed by atoms with E-state index in [9.17, 15) is 0 Å². The minimum atomic E-state index is 0.626. The molecule has 102 valence electrons. The van der Waals surface area contributed by atoms with Crippen molar-refractivity contribution < 1.29 is 0 Å². The van der Waals surface area contributed by atoms with Gasteiger partial charge in [0.1, 0.15) is 0 Å². The number of unbranched alkanes of at least 4 members (excludes halogenated alkanes) is 3. The van der Waals surface area contributed by atoms with Gasteiger partial charge in [0, 0.05) is 12.6 Å².